The fourth-order valence-corrected chi connectivity index (χ4v) is 3.42. The second-order valence-corrected chi connectivity index (χ2v) is 6.28. The van der Waals surface area contributed by atoms with E-state index in [2.05, 4.69) is 46.0 Å². The smallest absolute Gasteiger partial charge is 0.0513 e. The van der Waals surface area contributed by atoms with E-state index in [-0.39, 0.29) is 0 Å². The van der Waals surface area contributed by atoms with Crippen LogP contribution in [0.25, 0.3) is 0 Å². The Bertz CT molecular complexity index is 418. The molecule has 17 heavy (non-hydrogen) atoms. The normalized spacial score (nSPS) is 22.6. The Morgan fingerprint density at radius 1 is 1.24 bits per heavy atom. The van der Waals surface area contributed by atoms with Crippen molar-refractivity contribution in [3.05, 3.63) is 28.2 Å². The average molecular weight is 296 g/mol. The second kappa shape index (κ2) is 4.29. The molecule has 2 fully saturated rings. The van der Waals surface area contributed by atoms with Crippen LogP contribution in [0.3, 0.4) is 0 Å². The lowest BCUT2D eigenvalue weighted by Crippen LogP contribution is -2.58. The quantitative estimate of drug-likeness (QED) is 0.788. The zero-order chi connectivity index (χ0) is 11.9. The first-order chi connectivity index (χ1) is 8.19. The number of ether oxygens (including phenoxy) is 1. The minimum Gasteiger partial charge on any atom is -0.381 e. The molecule has 92 valence electrons. The molecule has 1 aromatic rings. The van der Waals surface area contributed by atoms with Gasteiger partial charge in [-0.25, -0.2) is 0 Å². The van der Waals surface area contributed by atoms with Crippen molar-refractivity contribution in [2.24, 2.45) is 5.41 Å². The van der Waals surface area contributed by atoms with Crippen molar-refractivity contribution in [1.29, 1.82) is 0 Å². The van der Waals surface area contributed by atoms with E-state index >= 15 is 0 Å². The number of anilines is 1. The maximum atomic E-state index is 5.46. The molecule has 0 aliphatic carbocycles. The molecule has 0 atom stereocenters. The van der Waals surface area contributed by atoms with Gasteiger partial charge in [-0.2, -0.15) is 0 Å². The third-order valence-corrected chi connectivity index (χ3v) is 4.72. The molecule has 2 aliphatic heterocycles. The van der Waals surface area contributed by atoms with Crippen molar-refractivity contribution in [2.75, 3.05) is 31.2 Å². The van der Waals surface area contributed by atoms with Crippen LogP contribution in [0, 0.1) is 12.3 Å². The van der Waals surface area contributed by atoms with E-state index in [4.69, 9.17) is 4.74 Å². The molecule has 0 bridgehead atoms. The molecule has 2 nitrogen and oxygen atoms in total. The van der Waals surface area contributed by atoms with Gasteiger partial charge in [-0.3, -0.25) is 0 Å². The Hall–Kier alpha value is -0.540. The van der Waals surface area contributed by atoms with Crippen molar-refractivity contribution in [2.45, 2.75) is 19.8 Å². The number of benzene rings is 1. The van der Waals surface area contributed by atoms with Crippen LogP contribution < -0.4 is 4.90 Å². The van der Waals surface area contributed by atoms with Gasteiger partial charge in [0.2, 0.25) is 0 Å². The summed E-state index contributed by atoms with van der Waals surface area (Å²) in [4.78, 5) is 2.49. The molecule has 0 radical (unpaired) electrons. The highest BCUT2D eigenvalue weighted by Crippen LogP contribution is 2.43. The molecule has 3 rings (SSSR count). The Labute approximate surface area is 111 Å². The topological polar surface area (TPSA) is 12.5 Å². The molecule has 2 saturated heterocycles. The lowest BCUT2D eigenvalue weighted by molar-refractivity contribution is -0.000236. The first kappa shape index (κ1) is 11.5. The monoisotopic (exact) mass is 295 g/mol. The zero-order valence-corrected chi connectivity index (χ0v) is 11.8. The van der Waals surface area contributed by atoms with Gasteiger partial charge in [0.25, 0.3) is 0 Å². The van der Waals surface area contributed by atoms with E-state index in [0.29, 0.717) is 5.41 Å². The molecular weight excluding hydrogens is 278 g/mol. The van der Waals surface area contributed by atoms with Crippen LogP contribution in [-0.2, 0) is 4.74 Å². The van der Waals surface area contributed by atoms with Gasteiger partial charge in [-0.05, 0) is 53.4 Å². The summed E-state index contributed by atoms with van der Waals surface area (Å²) in [6, 6.07) is 6.58. The summed E-state index contributed by atoms with van der Waals surface area (Å²) in [5.41, 5.74) is 3.22. The maximum absolute atomic E-state index is 5.46. The number of hydrogen-bond acceptors (Lipinski definition) is 2. The molecule has 3 heteroatoms. The van der Waals surface area contributed by atoms with Crippen molar-refractivity contribution in [3.8, 4) is 0 Å². The molecule has 1 spiro atoms. The van der Waals surface area contributed by atoms with Gasteiger partial charge in [0.15, 0.2) is 0 Å². The summed E-state index contributed by atoms with van der Waals surface area (Å²) in [6.07, 6.45) is 2.46. The lowest BCUT2D eigenvalue weighted by Gasteiger charge is -2.53. The molecule has 0 aromatic heterocycles. The van der Waals surface area contributed by atoms with Crippen LogP contribution in [0.15, 0.2) is 22.7 Å². The highest BCUT2D eigenvalue weighted by molar-refractivity contribution is 9.10. The van der Waals surface area contributed by atoms with Gasteiger partial charge < -0.3 is 9.64 Å². The lowest BCUT2D eigenvalue weighted by atomic mass is 9.73. The van der Waals surface area contributed by atoms with Crippen molar-refractivity contribution >= 4 is 21.6 Å². The minimum absolute atomic E-state index is 0.543. The number of rotatable bonds is 1. The predicted octanol–water partition coefficient (Wildman–Crippen LogP) is 3.37. The van der Waals surface area contributed by atoms with Gasteiger partial charge >= 0.3 is 0 Å². The summed E-state index contributed by atoms with van der Waals surface area (Å²) in [7, 11) is 0. The summed E-state index contributed by atoms with van der Waals surface area (Å²) in [6.45, 7) is 6.43. The fraction of sp³-hybridized carbons (Fsp3) is 0.571. The van der Waals surface area contributed by atoms with Gasteiger partial charge in [-0.15, -0.1) is 0 Å². The Morgan fingerprint density at radius 3 is 2.65 bits per heavy atom. The molecule has 0 unspecified atom stereocenters. The number of halogens is 1. The largest absolute Gasteiger partial charge is 0.381 e. The molecular formula is C14H18BrNO. The number of aryl methyl sites for hydroxylation is 1. The highest BCUT2D eigenvalue weighted by atomic mass is 79.9. The SMILES string of the molecule is Cc1ccc(Br)c(N2CC3(CCOCC3)C2)c1. The molecule has 2 aliphatic rings. The standard InChI is InChI=1S/C14H18BrNO/c1-11-2-3-12(15)13(8-11)16-9-14(10-16)4-6-17-7-5-14/h2-3,8H,4-7,9-10H2,1H3. The van der Waals surface area contributed by atoms with Crippen LogP contribution >= 0.6 is 15.9 Å². The van der Waals surface area contributed by atoms with Crippen LogP contribution in [0.5, 0.6) is 0 Å². The van der Waals surface area contributed by atoms with Crippen molar-refractivity contribution in [1.82, 2.24) is 0 Å². The first-order valence-corrected chi connectivity index (χ1v) is 7.07. The number of hydrogen-bond donors (Lipinski definition) is 0. The summed E-state index contributed by atoms with van der Waals surface area (Å²) >= 11 is 3.65. The molecule has 0 saturated carbocycles. The molecule has 0 amide bonds. The van der Waals surface area contributed by atoms with Gasteiger partial charge in [0.1, 0.15) is 0 Å². The minimum atomic E-state index is 0.543. The zero-order valence-electron chi connectivity index (χ0n) is 10.2. The first-order valence-electron chi connectivity index (χ1n) is 6.27. The maximum Gasteiger partial charge on any atom is 0.0513 e. The van der Waals surface area contributed by atoms with E-state index in [1.165, 1.54) is 41.7 Å². The molecule has 1 aromatic carbocycles. The Balaban J connectivity index is 1.74. The summed E-state index contributed by atoms with van der Waals surface area (Å²) in [5.74, 6) is 0. The van der Waals surface area contributed by atoms with Crippen molar-refractivity contribution < 1.29 is 4.74 Å². The highest BCUT2D eigenvalue weighted by Gasteiger charge is 2.44. The van der Waals surface area contributed by atoms with Crippen LogP contribution in [0.4, 0.5) is 5.69 Å². The Kier molecular flexibility index (Phi) is 2.91. The third-order valence-electron chi connectivity index (χ3n) is 4.05. The summed E-state index contributed by atoms with van der Waals surface area (Å²) in [5, 5.41) is 0. The third kappa shape index (κ3) is 2.11. The molecule has 2 heterocycles. The van der Waals surface area contributed by atoms with Gasteiger partial charge in [-0.1, -0.05) is 6.07 Å². The van der Waals surface area contributed by atoms with Crippen molar-refractivity contribution in [3.63, 3.8) is 0 Å². The van der Waals surface area contributed by atoms with E-state index in [1.807, 2.05) is 0 Å². The Morgan fingerprint density at radius 2 is 1.94 bits per heavy atom. The van der Waals surface area contributed by atoms with Gasteiger partial charge in [0.05, 0.1) is 5.69 Å². The van der Waals surface area contributed by atoms with E-state index in [9.17, 15) is 0 Å². The summed E-state index contributed by atoms with van der Waals surface area (Å²) < 4.78 is 6.67. The predicted molar refractivity (Wildman–Crippen MR) is 73.6 cm³/mol. The number of nitrogens with zero attached hydrogens (tertiary/aromatic N) is 1. The second-order valence-electron chi connectivity index (χ2n) is 5.42. The van der Waals surface area contributed by atoms with Crippen LogP contribution in [0.2, 0.25) is 0 Å². The fourth-order valence-electron chi connectivity index (χ4n) is 2.92. The van der Waals surface area contributed by atoms with Crippen LogP contribution in [-0.4, -0.2) is 26.3 Å². The molecule has 0 N–H and O–H groups in total. The van der Waals surface area contributed by atoms with E-state index < -0.39 is 0 Å². The average Bonchev–Trinajstić information content (AvgIpc) is 2.30. The van der Waals surface area contributed by atoms with Crippen LogP contribution in [0.1, 0.15) is 18.4 Å². The van der Waals surface area contributed by atoms with E-state index in [1.54, 1.807) is 0 Å². The van der Waals surface area contributed by atoms with E-state index in [0.717, 1.165) is 13.2 Å². The van der Waals surface area contributed by atoms with Gasteiger partial charge in [0, 0.05) is 36.2 Å².